The van der Waals surface area contributed by atoms with E-state index in [9.17, 15) is 0 Å². The van der Waals surface area contributed by atoms with Gasteiger partial charge in [-0.25, -0.2) is 4.98 Å². The number of hydrogen-bond acceptors (Lipinski definition) is 5. The number of nitrogens with one attached hydrogen (secondary N) is 1. The quantitative estimate of drug-likeness (QED) is 0.495. The van der Waals surface area contributed by atoms with Crippen molar-refractivity contribution < 1.29 is 9.47 Å². The van der Waals surface area contributed by atoms with Gasteiger partial charge < -0.3 is 19.4 Å². The molecule has 4 heterocycles. The predicted octanol–water partition coefficient (Wildman–Crippen LogP) is 4.80. The van der Waals surface area contributed by atoms with Gasteiger partial charge in [0.05, 0.1) is 12.2 Å². The maximum absolute atomic E-state index is 6.24. The van der Waals surface area contributed by atoms with E-state index in [2.05, 4.69) is 51.2 Å². The van der Waals surface area contributed by atoms with Gasteiger partial charge in [-0.1, -0.05) is 12.1 Å². The first-order valence-corrected chi connectivity index (χ1v) is 11.5. The highest BCUT2D eigenvalue weighted by atomic mass is 16.5. The molecule has 1 saturated carbocycles. The average Bonchev–Trinajstić information content (AvgIpc) is 3.17. The molecule has 1 saturated heterocycles. The number of ether oxygens (including phenoxy) is 2. The van der Waals surface area contributed by atoms with Gasteiger partial charge >= 0.3 is 0 Å². The molecule has 1 aromatic carbocycles. The molecule has 0 spiro atoms. The largest absolute Gasteiger partial charge is 0.474 e. The lowest BCUT2D eigenvalue weighted by molar-refractivity contribution is -0.109. The summed E-state index contributed by atoms with van der Waals surface area (Å²) in [6.45, 7) is 2.27. The van der Waals surface area contributed by atoms with E-state index >= 15 is 0 Å². The second-order valence-corrected chi connectivity index (χ2v) is 9.16. The van der Waals surface area contributed by atoms with Crippen LogP contribution in [0.4, 0.5) is 0 Å². The minimum absolute atomic E-state index is 0.209. The fraction of sp³-hybridized carbons (Fsp3) is 0.385. The topological polar surface area (TPSA) is 63.3 Å². The van der Waals surface area contributed by atoms with Crippen molar-refractivity contribution >= 4 is 21.8 Å². The Kier molecular flexibility index (Phi) is 5.04. The van der Waals surface area contributed by atoms with Crippen LogP contribution in [0.1, 0.15) is 25.7 Å². The first-order valence-electron chi connectivity index (χ1n) is 11.5. The zero-order valence-electron chi connectivity index (χ0n) is 18.3. The number of fused-ring (bicyclic) bond motifs is 3. The van der Waals surface area contributed by atoms with Crippen LogP contribution in [-0.4, -0.2) is 58.3 Å². The Bertz CT molecular complexity index is 1220. The molecule has 1 N–H and O–H groups in total. The van der Waals surface area contributed by atoms with Gasteiger partial charge in [0.25, 0.3) is 0 Å². The Labute approximate surface area is 187 Å². The van der Waals surface area contributed by atoms with Crippen LogP contribution < -0.4 is 4.74 Å². The van der Waals surface area contributed by atoms with Crippen molar-refractivity contribution in [3.05, 3.63) is 55.0 Å². The number of hydrogen-bond donors (Lipinski definition) is 1. The van der Waals surface area contributed by atoms with Crippen molar-refractivity contribution in [3.63, 3.8) is 0 Å². The molecule has 2 aliphatic rings. The van der Waals surface area contributed by atoms with E-state index in [-0.39, 0.29) is 6.10 Å². The van der Waals surface area contributed by atoms with E-state index < -0.39 is 0 Å². The number of likely N-dealkylation sites (tertiary alicyclic amines) is 1. The summed E-state index contributed by atoms with van der Waals surface area (Å²) in [5, 5.41) is 2.33. The molecule has 32 heavy (non-hydrogen) atoms. The number of aromatic nitrogens is 3. The molecule has 2 fully saturated rings. The summed E-state index contributed by atoms with van der Waals surface area (Å²) in [7, 11) is 2.18. The normalized spacial score (nSPS) is 22.3. The zero-order chi connectivity index (χ0) is 21.5. The Balaban J connectivity index is 1.07. The number of aromatic amines is 1. The zero-order valence-corrected chi connectivity index (χ0v) is 18.3. The summed E-state index contributed by atoms with van der Waals surface area (Å²) in [5.74, 6) is 0.689. The second-order valence-electron chi connectivity index (χ2n) is 9.16. The molecule has 1 aliphatic carbocycles. The number of rotatable bonds is 5. The third-order valence-electron chi connectivity index (χ3n) is 6.86. The highest BCUT2D eigenvalue weighted by molar-refractivity contribution is 6.07. The smallest absolute Gasteiger partial charge is 0.213 e. The lowest BCUT2D eigenvalue weighted by Gasteiger charge is -2.39. The van der Waals surface area contributed by atoms with Crippen LogP contribution in [0.25, 0.3) is 32.9 Å². The van der Waals surface area contributed by atoms with Gasteiger partial charge in [0.15, 0.2) is 0 Å². The first kappa shape index (κ1) is 19.7. The van der Waals surface area contributed by atoms with E-state index in [1.807, 2.05) is 30.7 Å². The second kappa shape index (κ2) is 8.19. The average molecular weight is 429 g/mol. The molecule has 6 rings (SSSR count). The SMILES string of the molecule is CN1CCC(O[C@H]2C[C@H](Oc3ccc(-c4ccc5c(c4)[nH]c4ccncc45)cn3)C2)CC1. The van der Waals surface area contributed by atoms with Crippen molar-refractivity contribution in [1.29, 1.82) is 0 Å². The van der Waals surface area contributed by atoms with E-state index in [1.165, 1.54) is 5.39 Å². The molecule has 6 nitrogen and oxygen atoms in total. The molecule has 0 atom stereocenters. The van der Waals surface area contributed by atoms with E-state index in [0.29, 0.717) is 18.1 Å². The number of benzene rings is 1. The molecular formula is C26H28N4O2. The summed E-state index contributed by atoms with van der Waals surface area (Å²) in [6, 6.07) is 12.5. The molecule has 1 aliphatic heterocycles. The van der Waals surface area contributed by atoms with Gasteiger partial charge in [-0.3, -0.25) is 4.98 Å². The number of pyridine rings is 2. The van der Waals surface area contributed by atoms with Gasteiger partial charge in [-0.05, 0) is 43.7 Å². The van der Waals surface area contributed by atoms with Gasteiger partial charge in [0.2, 0.25) is 5.88 Å². The van der Waals surface area contributed by atoms with Gasteiger partial charge in [0, 0.05) is 78.0 Å². The van der Waals surface area contributed by atoms with Gasteiger partial charge in [0.1, 0.15) is 6.10 Å². The van der Waals surface area contributed by atoms with Crippen molar-refractivity contribution in [2.45, 2.75) is 44.0 Å². The van der Waals surface area contributed by atoms with Crippen molar-refractivity contribution in [2.24, 2.45) is 0 Å². The van der Waals surface area contributed by atoms with Crippen LogP contribution in [0, 0.1) is 0 Å². The van der Waals surface area contributed by atoms with E-state index in [1.54, 1.807) is 0 Å². The first-order chi connectivity index (χ1) is 15.7. The van der Waals surface area contributed by atoms with Crippen LogP contribution >= 0.6 is 0 Å². The van der Waals surface area contributed by atoms with E-state index in [4.69, 9.17) is 9.47 Å². The lowest BCUT2D eigenvalue weighted by atomic mass is 9.91. The minimum Gasteiger partial charge on any atom is -0.474 e. The summed E-state index contributed by atoms with van der Waals surface area (Å²) in [5.41, 5.74) is 4.42. The molecule has 0 radical (unpaired) electrons. The predicted molar refractivity (Wildman–Crippen MR) is 126 cm³/mol. The summed E-state index contributed by atoms with van der Waals surface area (Å²) in [4.78, 5) is 14.7. The van der Waals surface area contributed by atoms with Crippen LogP contribution in [0.5, 0.6) is 5.88 Å². The maximum Gasteiger partial charge on any atom is 0.213 e. The Hall–Kier alpha value is -2.96. The maximum atomic E-state index is 6.24. The van der Waals surface area contributed by atoms with Crippen LogP contribution in [0.3, 0.4) is 0 Å². The molecule has 3 aromatic heterocycles. The third-order valence-corrected chi connectivity index (χ3v) is 6.86. The molecule has 0 unspecified atom stereocenters. The molecular weight excluding hydrogens is 400 g/mol. The highest BCUT2D eigenvalue weighted by Gasteiger charge is 2.34. The monoisotopic (exact) mass is 428 g/mol. The summed E-state index contributed by atoms with van der Waals surface area (Å²) < 4.78 is 12.3. The molecule has 6 heteroatoms. The fourth-order valence-electron chi connectivity index (χ4n) is 4.83. The van der Waals surface area contributed by atoms with Crippen LogP contribution in [-0.2, 0) is 4.74 Å². The summed E-state index contributed by atoms with van der Waals surface area (Å²) >= 11 is 0. The Morgan fingerprint density at radius 1 is 0.875 bits per heavy atom. The third kappa shape index (κ3) is 3.85. The summed E-state index contributed by atoms with van der Waals surface area (Å²) in [6.07, 6.45) is 10.8. The molecule has 0 bridgehead atoms. The van der Waals surface area contributed by atoms with Crippen molar-refractivity contribution in [3.8, 4) is 17.0 Å². The molecule has 0 amide bonds. The van der Waals surface area contributed by atoms with Crippen LogP contribution in [0.15, 0.2) is 55.0 Å². The fourth-order valence-corrected chi connectivity index (χ4v) is 4.83. The number of H-pyrrole nitrogens is 1. The minimum atomic E-state index is 0.209. The van der Waals surface area contributed by atoms with Crippen molar-refractivity contribution in [2.75, 3.05) is 20.1 Å². The Morgan fingerprint density at radius 2 is 1.72 bits per heavy atom. The van der Waals surface area contributed by atoms with Gasteiger partial charge in [-0.2, -0.15) is 0 Å². The molecule has 4 aromatic rings. The number of nitrogens with zero attached hydrogens (tertiary/aromatic N) is 3. The van der Waals surface area contributed by atoms with Crippen LogP contribution in [0.2, 0.25) is 0 Å². The standard InChI is InChI=1S/C26H28N4O2/c1-30-10-7-19(8-11-30)31-20-13-21(14-20)32-26-5-3-18(15-28-26)17-2-4-22-23-16-27-9-6-24(23)29-25(22)12-17/h2-6,9,12,15-16,19-21,29H,7-8,10-11,13-14H2,1H3/t20-,21-. The highest BCUT2D eigenvalue weighted by Crippen LogP contribution is 2.32. The lowest BCUT2D eigenvalue weighted by Crippen LogP contribution is -2.44. The number of piperidine rings is 1. The van der Waals surface area contributed by atoms with Gasteiger partial charge in [-0.15, -0.1) is 0 Å². The van der Waals surface area contributed by atoms with Crippen molar-refractivity contribution in [1.82, 2.24) is 19.9 Å². The van der Waals surface area contributed by atoms with E-state index in [0.717, 1.165) is 66.3 Å². The molecule has 164 valence electrons. The Morgan fingerprint density at radius 3 is 2.53 bits per heavy atom.